The van der Waals surface area contributed by atoms with Gasteiger partial charge in [-0.2, -0.15) is 0 Å². The van der Waals surface area contributed by atoms with Crippen LogP contribution in [0, 0.1) is 0 Å². The average molecular weight is 364 g/mol. The molecule has 1 unspecified atom stereocenters. The first-order chi connectivity index (χ1) is 13.1. The van der Waals surface area contributed by atoms with Crippen LogP contribution < -0.4 is 5.43 Å². The van der Waals surface area contributed by atoms with Crippen LogP contribution in [0.3, 0.4) is 0 Å². The molecule has 2 aromatic carbocycles. The molecule has 0 saturated heterocycles. The van der Waals surface area contributed by atoms with E-state index in [4.69, 9.17) is 4.74 Å². The standard InChI is InChI=1S/C21H20N2O4/c1-2-27-21(26)18-13-17(15-9-5-3-6-10-15)14-19(24)23(18)22-20(25)16-11-7-4-8-12-16/h3-12,14,18H,2,13H2,1H3,(H,22,25). The Kier molecular flexibility index (Phi) is 5.66. The third-order valence-electron chi connectivity index (χ3n) is 4.22. The lowest BCUT2D eigenvalue weighted by molar-refractivity contribution is -0.155. The lowest BCUT2D eigenvalue weighted by Crippen LogP contribution is -2.56. The van der Waals surface area contributed by atoms with Crippen LogP contribution in [0.15, 0.2) is 66.7 Å². The Bertz CT molecular complexity index is 862. The highest BCUT2D eigenvalue weighted by atomic mass is 16.5. The normalized spacial score (nSPS) is 16.5. The number of hydrazine groups is 1. The van der Waals surface area contributed by atoms with Crippen LogP contribution in [-0.2, 0) is 14.3 Å². The number of nitrogens with zero attached hydrogens (tertiary/aromatic N) is 1. The van der Waals surface area contributed by atoms with E-state index < -0.39 is 23.8 Å². The average Bonchev–Trinajstić information content (AvgIpc) is 2.70. The molecule has 0 aliphatic carbocycles. The van der Waals surface area contributed by atoms with Crippen LogP contribution in [0.4, 0.5) is 0 Å². The summed E-state index contributed by atoms with van der Waals surface area (Å²) in [6.07, 6.45) is 1.69. The number of hydrogen-bond donors (Lipinski definition) is 1. The Labute approximate surface area is 157 Å². The highest BCUT2D eigenvalue weighted by molar-refractivity contribution is 6.03. The molecule has 3 rings (SSSR count). The number of carbonyl (C=O) groups is 3. The van der Waals surface area contributed by atoms with E-state index in [0.29, 0.717) is 5.56 Å². The van der Waals surface area contributed by atoms with E-state index in [9.17, 15) is 14.4 Å². The summed E-state index contributed by atoms with van der Waals surface area (Å²) in [5.74, 6) is -1.49. The Hall–Kier alpha value is -3.41. The second-order valence-electron chi connectivity index (χ2n) is 6.02. The topological polar surface area (TPSA) is 75.7 Å². The number of rotatable bonds is 5. The fourth-order valence-corrected chi connectivity index (χ4v) is 2.91. The Morgan fingerprint density at radius 2 is 1.70 bits per heavy atom. The lowest BCUT2D eigenvalue weighted by atomic mass is 9.94. The number of carbonyl (C=O) groups excluding carboxylic acids is 3. The first-order valence-electron chi connectivity index (χ1n) is 8.72. The Balaban J connectivity index is 1.88. The number of esters is 1. The number of nitrogens with one attached hydrogen (secondary N) is 1. The molecule has 6 nitrogen and oxygen atoms in total. The first kappa shape index (κ1) is 18.4. The molecule has 0 aromatic heterocycles. The largest absolute Gasteiger partial charge is 0.464 e. The maximum absolute atomic E-state index is 12.7. The molecule has 138 valence electrons. The minimum Gasteiger partial charge on any atom is -0.464 e. The van der Waals surface area contributed by atoms with Gasteiger partial charge in [0.15, 0.2) is 6.04 Å². The van der Waals surface area contributed by atoms with Gasteiger partial charge in [0, 0.05) is 18.1 Å². The molecule has 0 spiro atoms. The second-order valence-corrected chi connectivity index (χ2v) is 6.02. The van der Waals surface area contributed by atoms with Gasteiger partial charge in [-0.1, -0.05) is 48.5 Å². The van der Waals surface area contributed by atoms with E-state index in [0.717, 1.165) is 16.1 Å². The van der Waals surface area contributed by atoms with Gasteiger partial charge < -0.3 is 4.74 Å². The fraction of sp³-hybridized carbons (Fsp3) is 0.190. The molecule has 0 radical (unpaired) electrons. The third kappa shape index (κ3) is 4.23. The molecule has 1 heterocycles. The van der Waals surface area contributed by atoms with Gasteiger partial charge in [0.05, 0.1) is 6.61 Å². The van der Waals surface area contributed by atoms with Gasteiger partial charge >= 0.3 is 5.97 Å². The van der Waals surface area contributed by atoms with Crippen molar-refractivity contribution in [3.63, 3.8) is 0 Å². The van der Waals surface area contributed by atoms with E-state index in [1.165, 1.54) is 6.08 Å². The predicted octanol–water partition coefficient (Wildman–Crippen LogP) is 2.58. The Morgan fingerprint density at radius 1 is 1.07 bits per heavy atom. The molecule has 2 aromatic rings. The highest BCUT2D eigenvalue weighted by Crippen LogP contribution is 2.27. The zero-order valence-corrected chi connectivity index (χ0v) is 14.9. The van der Waals surface area contributed by atoms with Crippen molar-refractivity contribution < 1.29 is 19.1 Å². The van der Waals surface area contributed by atoms with Gasteiger partial charge in [-0.3, -0.25) is 15.0 Å². The van der Waals surface area contributed by atoms with Gasteiger partial charge in [0.1, 0.15) is 0 Å². The van der Waals surface area contributed by atoms with Crippen LogP contribution in [0.2, 0.25) is 0 Å². The Morgan fingerprint density at radius 3 is 2.33 bits per heavy atom. The zero-order chi connectivity index (χ0) is 19.2. The van der Waals surface area contributed by atoms with E-state index in [1.54, 1.807) is 37.3 Å². The minimum absolute atomic E-state index is 0.189. The summed E-state index contributed by atoms with van der Waals surface area (Å²) < 4.78 is 5.12. The summed E-state index contributed by atoms with van der Waals surface area (Å²) in [5, 5.41) is 1.06. The summed E-state index contributed by atoms with van der Waals surface area (Å²) >= 11 is 0. The SMILES string of the molecule is CCOC(=O)C1CC(c2ccccc2)=CC(=O)N1NC(=O)c1ccccc1. The van der Waals surface area contributed by atoms with E-state index >= 15 is 0 Å². The van der Waals surface area contributed by atoms with Crippen molar-refractivity contribution in [3.8, 4) is 0 Å². The molecule has 0 fully saturated rings. The number of benzene rings is 2. The van der Waals surface area contributed by atoms with Crippen LogP contribution in [0.5, 0.6) is 0 Å². The van der Waals surface area contributed by atoms with E-state index in [-0.39, 0.29) is 13.0 Å². The van der Waals surface area contributed by atoms with Crippen LogP contribution in [0.1, 0.15) is 29.3 Å². The fourth-order valence-electron chi connectivity index (χ4n) is 2.91. The van der Waals surface area contributed by atoms with Crippen molar-refractivity contribution in [2.24, 2.45) is 0 Å². The smallest absolute Gasteiger partial charge is 0.331 e. The molecule has 2 amide bonds. The number of hydrogen-bond acceptors (Lipinski definition) is 4. The maximum atomic E-state index is 12.7. The van der Waals surface area contributed by atoms with Crippen molar-refractivity contribution >= 4 is 23.4 Å². The molecule has 1 aliphatic heterocycles. The van der Waals surface area contributed by atoms with Gasteiger partial charge in [0.25, 0.3) is 11.8 Å². The minimum atomic E-state index is -0.926. The van der Waals surface area contributed by atoms with Crippen molar-refractivity contribution in [3.05, 3.63) is 77.9 Å². The first-order valence-corrected chi connectivity index (χ1v) is 8.72. The summed E-state index contributed by atoms with van der Waals surface area (Å²) in [7, 11) is 0. The predicted molar refractivity (Wildman–Crippen MR) is 100 cm³/mol. The van der Waals surface area contributed by atoms with Crippen LogP contribution in [0.25, 0.3) is 5.57 Å². The molecule has 1 atom stereocenters. The molecule has 1 N–H and O–H groups in total. The second kappa shape index (κ2) is 8.31. The van der Waals surface area contributed by atoms with Crippen molar-refractivity contribution in [2.45, 2.75) is 19.4 Å². The monoisotopic (exact) mass is 364 g/mol. The number of amides is 2. The van der Waals surface area contributed by atoms with Crippen molar-refractivity contribution in [1.29, 1.82) is 0 Å². The third-order valence-corrected chi connectivity index (χ3v) is 4.22. The zero-order valence-electron chi connectivity index (χ0n) is 14.9. The summed E-state index contributed by atoms with van der Waals surface area (Å²) in [6.45, 7) is 1.89. The van der Waals surface area contributed by atoms with Crippen molar-refractivity contribution in [1.82, 2.24) is 10.4 Å². The number of ether oxygens (including phenoxy) is 1. The molecule has 27 heavy (non-hydrogen) atoms. The van der Waals surface area contributed by atoms with E-state index in [1.807, 2.05) is 30.3 Å². The quantitative estimate of drug-likeness (QED) is 0.828. The maximum Gasteiger partial charge on any atom is 0.331 e. The summed E-state index contributed by atoms with van der Waals surface area (Å²) in [5.41, 5.74) is 4.52. The van der Waals surface area contributed by atoms with Gasteiger partial charge in [-0.05, 0) is 30.2 Å². The lowest BCUT2D eigenvalue weighted by Gasteiger charge is -2.33. The summed E-state index contributed by atoms with van der Waals surface area (Å²) in [4.78, 5) is 37.6. The molecule has 6 heteroatoms. The molecule has 1 aliphatic rings. The van der Waals surface area contributed by atoms with Gasteiger partial charge in [0.2, 0.25) is 0 Å². The van der Waals surface area contributed by atoms with E-state index in [2.05, 4.69) is 5.43 Å². The molecular weight excluding hydrogens is 344 g/mol. The van der Waals surface area contributed by atoms with Crippen LogP contribution >= 0.6 is 0 Å². The van der Waals surface area contributed by atoms with Gasteiger partial charge in [-0.15, -0.1) is 0 Å². The summed E-state index contributed by atoms with van der Waals surface area (Å²) in [6, 6.07) is 16.9. The van der Waals surface area contributed by atoms with Crippen LogP contribution in [-0.4, -0.2) is 35.4 Å². The molecular formula is C21H20N2O4. The van der Waals surface area contributed by atoms with Gasteiger partial charge in [-0.25, -0.2) is 9.80 Å². The molecule has 0 saturated carbocycles. The van der Waals surface area contributed by atoms with Crippen molar-refractivity contribution in [2.75, 3.05) is 6.61 Å². The molecule has 0 bridgehead atoms. The highest BCUT2D eigenvalue weighted by Gasteiger charge is 2.36.